The second kappa shape index (κ2) is 8.80. The van der Waals surface area contributed by atoms with Gasteiger partial charge < -0.3 is 30.7 Å². The SMILES string of the molecule is Cc1c(O)ccc(C(CCn2cnc3c(N)ncnc32)c2ccc(O)c(C)c2O)c1O.Cl. The smallest absolute Gasteiger partial charge is 0.165 e. The van der Waals surface area contributed by atoms with Gasteiger partial charge in [0.1, 0.15) is 34.8 Å². The third-order valence-corrected chi connectivity index (χ3v) is 5.71. The van der Waals surface area contributed by atoms with Crippen molar-refractivity contribution in [2.45, 2.75) is 32.7 Å². The number of imidazole rings is 1. The predicted octanol–water partition coefficient (Wildman–Crippen LogP) is 3.49. The highest BCUT2D eigenvalue weighted by molar-refractivity contribution is 5.85. The summed E-state index contributed by atoms with van der Waals surface area (Å²) in [4.78, 5) is 12.5. The summed E-state index contributed by atoms with van der Waals surface area (Å²) in [7, 11) is 0. The number of aromatic hydroxyl groups is 4. The molecule has 2 heterocycles. The number of hydrogen-bond acceptors (Lipinski definition) is 8. The number of benzene rings is 2. The lowest BCUT2D eigenvalue weighted by Gasteiger charge is -2.22. The lowest BCUT2D eigenvalue weighted by Crippen LogP contribution is -2.08. The molecule has 0 spiro atoms. The van der Waals surface area contributed by atoms with Crippen molar-refractivity contribution < 1.29 is 20.4 Å². The number of nitrogens with zero attached hydrogens (tertiary/aromatic N) is 4. The monoisotopic (exact) mass is 457 g/mol. The van der Waals surface area contributed by atoms with E-state index in [9.17, 15) is 20.4 Å². The van der Waals surface area contributed by atoms with Gasteiger partial charge in [0.05, 0.1) is 6.33 Å². The molecule has 0 aliphatic heterocycles. The zero-order valence-corrected chi connectivity index (χ0v) is 18.3. The Morgan fingerprint density at radius 3 is 2.00 bits per heavy atom. The largest absolute Gasteiger partial charge is 0.508 e. The van der Waals surface area contributed by atoms with Gasteiger partial charge in [-0.15, -0.1) is 12.4 Å². The summed E-state index contributed by atoms with van der Waals surface area (Å²) >= 11 is 0. The molecular weight excluding hydrogens is 434 g/mol. The molecule has 6 N–H and O–H groups in total. The van der Waals surface area contributed by atoms with Crippen LogP contribution in [0.2, 0.25) is 0 Å². The molecule has 0 saturated heterocycles. The third-order valence-electron chi connectivity index (χ3n) is 5.71. The molecule has 4 aromatic rings. The summed E-state index contributed by atoms with van der Waals surface area (Å²) in [5.41, 5.74) is 8.77. The van der Waals surface area contributed by atoms with Gasteiger partial charge in [0.15, 0.2) is 11.5 Å². The Hall–Kier alpha value is -3.72. The van der Waals surface area contributed by atoms with Gasteiger partial charge in [-0.1, -0.05) is 12.1 Å². The maximum absolute atomic E-state index is 10.7. The van der Waals surface area contributed by atoms with E-state index >= 15 is 0 Å². The van der Waals surface area contributed by atoms with E-state index in [0.29, 0.717) is 52.2 Å². The van der Waals surface area contributed by atoms with Crippen LogP contribution in [0.25, 0.3) is 11.2 Å². The van der Waals surface area contributed by atoms with E-state index in [4.69, 9.17) is 5.73 Å². The first-order chi connectivity index (χ1) is 14.8. The van der Waals surface area contributed by atoms with Gasteiger partial charge in [-0.25, -0.2) is 15.0 Å². The van der Waals surface area contributed by atoms with Crippen molar-refractivity contribution in [3.8, 4) is 23.0 Å². The van der Waals surface area contributed by atoms with Crippen molar-refractivity contribution in [2.24, 2.45) is 0 Å². The topological polar surface area (TPSA) is 151 Å². The van der Waals surface area contributed by atoms with Crippen molar-refractivity contribution in [1.82, 2.24) is 19.5 Å². The second-order valence-corrected chi connectivity index (χ2v) is 7.51. The van der Waals surface area contributed by atoms with E-state index in [1.807, 2.05) is 4.57 Å². The average Bonchev–Trinajstić information content (AvgIpc) is 3.17. The minimum absolute atomic E-state index is 0. The van der Waals surface area contributed by atoms with Crippen LogP contribution in [0.5, 0.6) is 23.0 Å². The van der Waals surface area contributed by atoms with Crippen molar-refractivity contribution in [1.29, 1.82) is 0 Å². The highest BCUT2D eigenvalue weighted by Gasteiger charge is 2.24. The number of aryl methyl sites for hydroxylation is 1. The van der Waals surface area contributed by atoms with E-state index in [1.165, 1.54) is 18.5 Å². The van der Waals surface area contributed by atoms with Gasteiger partial charge in [-0.3, -0.25) is 0 Å². The molecule has 0 bridgehead atoms. The summed E-state index contributed by atoms with van der Waals surface area (Å²) in [6, 6.07) is 6.30. The minimum atomic E-state index is -0.435. The standard InChI is InChI=1S/C22H23N5O4.ClH/c1-11-16(28)5-3-14(19(11)30)13(15-4-6-17(29)12(2)20(15)31)7-8-27-10-26-18-21(23)24-9-25-22(18)27;/h3-6,9-10,13,28-31H,7-8H2,1-2H3,(H2,23,24,25);1H. The summed E-state index contributed by atoms with van der Waals surface area (Å²) in [5.74, 6) is -0.263. The Balaban J connectivity index is 0.00000289. The molecule has 0 atom stereocenters. The van der Waals surface area contributed by atoms with E-state index in [2.05, 4.69) is 15.0 Å². The van der Waals surface area contributed by atoms with Gasteiger partial charge in [-0.2, -0.15) is 0 Å². The Morgan fingerprint density at radius 2 is 1.44 bits per heavy atom. The van der Waals surface area contributed by atoms with Crippen LogP contribution >= 0.6 is 12.4 Å². The second-order valence-electron chi connectivity index (χ2n) is 7.51. The van der Waals surface area contributed by atoms with E-state index in [1.54, 1.807) is 32.3 Å². The Morgan fingerprint density at radius 1 is 0.875 bits per heavy atom. The van der Waals surface area contributed by atoms with Gasteiger partial charge in [0.25, 0.3) is 0 Å². The third kappa shape index (κ3) is 3.82. The quantitative estimate of drug-likeness (QED) is 0.305. The highest BCUT2D eigenvalue weighted by atomic mass is 35.5. The van der Waals surface area contributed by atoms with Crippen LogP contribution in [0.4, 0.5) is 5.82 Å². The van der Waals surface area contributed by atoms with E-state index < -0.39 is 5.92 Å². The first-order valence-corrected chi connectivity index (χ1v) is 9.73. The lowest BCUT2D eigenvalue weighted by atomic mass is 9.85. The summed E-state index contributed by atoms with van der Waals surface area (Å²) in [6.45, 7) is 3.70. The maximum Gasteiger partial charge on any atom is 0.165 e. The summed E-state index contributed by atoms with van der Waals surface area (Å²) < 4.78 is 1.83. The van der Waals surface area contributed by atoms with Gasteiger partial charge in [0.2, 0.25) is 0 Å². The van der Waals surface area contributed by atoms with Crippen molar-refractivity contribution in [3.63, 3.8) is 0 Å². The normalized spacial score (nSPS) is 11.1. The van der Waals surface area contributed by atoms with Crippen LogP contribution < -0.4 is 5.73 Å². The number of aromatic nitrogens is 4. The molecule has 4 rings (SSSR count). The number of halogens is 1. The molecule has 0 radical (unpaired) electrons. The van der Waals surface area contributed by atoms with Crippen molar-refractivity contribution in [2.75, 3.05) is 5.73 Å². The molecule has 0 aliphatic carbocycles. The van der Waals surface area contributed by atoms with Crippen LogP contribution in [0.15, 0.2) is 36.9 Å². The number of anilines is 1. The van der Waals surface area contributed by atoms with Crippen LogP contribution in [-0.2, 0) is 6.54 Å². The molecule has 2 aromatic carbocycles. The van der Waals surface area contributed by atoms with Crippen LogP contribution in [0.3, 0.4) is 0 Å². The first kappa shape index (κ1) is 23.0. The molecule has 168 valence electrons. The van der Waals surface area contributed by atoms with Gasteiger partial charge in [-0.05, 0) is 32.4 Å². The lowest BCUT2D eigenvalue weighted by molar-refractivity contribution is 0.425. The van der Waals surface area contributed by atoms with Crippen molar-refractivity contribution in [3.05, 3.63) is 59.2 Å². The fourth-order valence-corrected chi connectivity index (χ4v) is 3.79. The number of nitrogen functional groups attached to an aromatic ring is 1. The van der Waals surface area contributed by atoms with Crippen LogP contribution in [0.1, 0.15) is 34.6 Å². The van der Waals surface area contributed by atoms with E-state index in [0.717, 1.165) is 0 Å². The molecule has 0 fully saturated rings. The maximum atomic E-state index is 10.7. The number of rotatable bonds is 5. The molecule has 2 aromatic heterocycles. The molecule has 0 aliphatic rings. The van der Waals surface area contributed by atoms with Crippen LogP contribution in [0, 0.1) is 13.8 Å². The molecule has 10 heteroatoms. The van der Waals surface area contributed by atoms with E-state index in [-0.39, 0.29) is 35.4 Å². The highest BCUT2D eigenvalue weighted by Crippen LogP contribution is 2.43. The summed E-state index contributed by atoms with van der Waals surface area (Å²) in [6.07, 6.45) is 3.46. The number of hydrogen-bond donors (Lipinski definition) is 5. The summed E-state index contributed by atoms with van der Waals surface area (Å²) in [5, 5.41) is 41.4. The zero-order chi connectivity index (χ0) is 22.3. The number of fused-ring (bicyclic) bond motifs is 1. The first-order valence-electron chi connectivity index (χ1n) is 9.73. The van der Waals surface area contributed by atoms with Crippen molar-refractivity contribution >= 4 is 29.4 Å². The molecular formula is C22H24ClN5O4. The minimum Gasteiger partial charge on any atom is -0.508 e. The zero-order valence-electron chi connectivity index (χ0n) is 17.5. The number of phenolic OH excluding ortho intramolecular Hbond substituents is 4. The Bertz CT molecular complexity index is 1230. The fraction of sp³-hybridized carbons (Fsp3) is 0.227. The Kier molecular flexibility index (Phi) is 6.31. The average molecular weight is 458 g/mol. The van der Waals surface area contributed by atoms with Gasteiger partial charge in [0, 0.05) is 34.7 Å². The number of nitrogens with two attached hydrogens (primary N) is 1. The molecule has 0 unspecified atom stereocenters. The Labute approximate surface area is 190 Å². The number of phenols is 4. The predicted molar refractivity (Wildman–Crippen MR) is 122 cm³/mol. The molecule has 32 heavy (non-hydrogen) atoms. The van der Waals surface area contributed by atoms with Crippen LogP contribution in [-0.4, -0.2) is 39.9 Å². The molecule has 0 amide bonds. The fourth-order valence-electron chi connectivity index (χ4n) is 3.79. The van der Waals surface area contributed by atoms with Gasteiger partial charge >= 0.3 is 0 Å². The molecule has 9 nitrogen and oxygen atoms in total. The molecule has 0 saturated carbocycles.